The van der Waals surface area contributed by atoms with Crippen LogP contribution >= 0.6 is 0 Å². The van der Waals surface area contributed by atoms with Crippen LogP contribution < -0.4 is 5.32 Å². The average molecular weight is 316 g/mol. The van der Waals surface area contributed by atoms with Crippen molar-refractivity contribution in [3.63, 3.8) is 0 Å². The smallest absolute Gasteiger partial charge is 0.237 e. The zero-order valence-electron chi connectivity index (χ0n) is 13.9. The first-order valence-corrected chi connectivity index (χ1v) is 9.38. The Morgan fingerprint density at radius 3 is 2.87 bits per heavy atom. The molecule has 2 fully saturated rings. The topological polar surface area (TPSA) is 61.0 Å². The van der Waals surface area contributed by atoms with Gasteiger partial charge in [0.2, 0.25) is 5.91 Å². The fourth-order valence-electron chi connectivity index (χ4n) is 4.75. The number of aromatic amines is 1. The van der Waals surface area contributed by atoms with Gasteiger partial charge in [-0.3, -0.25) is 14.8 Å². The van der Waals surface area contributed by atoms with Gasteiger partial charge >= 0.3 is 0 Å². The zero-order valence-corrected chi connectivity index (χ0v) is 13.9. The summed E-state index contributed by atoms with van der Waals surface area (Å²) in [4.78, 5) is 15.4. The lowest BCUT2D eigenvalue weighted by Crippen LogP contribution is -2.55. The van der Waals surface area contributed by atoms with Crippen molar-refractivity contribution >= 4 is 5.91 Å². The van der Waals surface area contributed by atoms with Gasteiger partial charge in [0.15, 0.2) is 0 Å². The Morgan fingerprint density at radius 2 is 2.00 bits per heavy atom. The first-order chi connectivity index (χ1) is 11.3. The van der Waals surface area contributed by atoms with Crippen LogP contribution in [0.5, 0.6) is 0 Å². The highest BCUT2D eigenvalue weighted by molar-refractivity contribution is 5.82. The van der Waals surface area contributed by atoms with Gasteiger partial charge in [0.25, 0.3) is 0 Å². The van der Waals surface area contributed by atoms with Gasteiger partial charge in [-0.25, -0.2) is 0 Å². The van der Waals surface area contributed by atoms with E-state index in [-0.39, 0.29) is 18.0 Å². The molecule has 1 amide bonds. The van der Waals surface area contributed by atoms with Crippen molar-refractivity contribution in [2.75, 3.05) is 6.54 Å². The van der Waals surface area contributed by atoms with Gasteiger partial charge in [-0.05, 0) is 57.1 Å². The molecule has 5 nitrogen and oxygen atoms in total. The second-order valence-electron chi connectivity index (χ2n) is 7.51. The molecule has 1 aromatic heterocycles. The summed E-state index contributed by atoms with van der Waals surface area (Å²) in [6.45, 7) is 1.11. The standard InChI is InChI=1S/C18H28N4O/c23-18(20-14-8-9-16-13(11-14)12-19-21-16)17-7-3-4-10-22(17)15-5-1-2-6-15/h12,14-15,17H,1-11H2,(H,19,21)(H,20,23)/t14-,17-/m0/s1. The highest BCUT2D eigenvalue weighted by Gasteiger charge is 2.35. The molecule has 23 heavy (non-hydrogen) atoms. The van der Waals surface area contributed by atoms with Gasteiger partial charge in [0, 0.05) is 17.8 Å². The molecular weight excluding hydrogens is 288 g/mol. The number of likely N-dealkylation sites (tertiary alicyclic amines) is 1. The Labute approximate surface area is 138 Å². The van der Waals surface area contributed by atoms with Crippen molar-refractivity contribution in [1.82, 2.24) is 20.4 Å². The molecule has 0 aromatic carbocycles. The third kappa shape index (κ3) is 3.16. The van der Waals surface area contributed by atoms with Gasteiger partial charge < -0.3 is 5.32 Å². The predicted octanol–water partition coefficient (Wildman–Crippen LogP) is 2.18. The molecule has 126 valence electrons. The molecule has 4 rings (SSSR count). The van der Waals surface area contributed by atoms with Crippen molar-refractivity contribution in [3.8, 4) is 0 Å². The summed E-state index contributed by atoms with van der Waals surface area (Å²) in [6, 6.07) is 1.04. The summed E-state index contributed by atoms with van der Waals surface area (Å²) in [7, 11) is 0. The number of amides is 1. The van der Waals surface area contributed by atoms with E-state index in [0.717, 1.165) is 32.2 Å². The maximum absolute atomic E-state index is 12.9. The summed E-state index contributed by atoms with van der Waals surface area (Å²) >= 11 is 0. The summed E-state index contributed by atoms with van der Waals surface area (Å²) in [5.74, 6) is 0.272. The number of piperidine rings is 1. The van der Waals surface area contributed by atoms with Crippen molar-refractivity contribution in [3.05, 3.63) is 17.5 Å². The number of aromatic nitrogens is 2. The van der Waals surface area contributed by atoms with Crippen LogP contribution in [0.15, 0.2) is 6.20 Å². The summed E-state index contributed by atoms with van der Waals surface area (Å²) in [6.07, 6.45) is 13.6. The molecule has 0 spiro atoms. The molecule has 0 bridgehead atoms. The van der Waals surface area contributed by atoms with Gasteiger partial charge in [0.1, 0.15) is 0 Å². The van der Waals surface area contributed by atoms with Crippen molar-refractivity contribution in [2.45, 2.75) is 82.3 Å². The maximum atomic E-state index is 12.9. The molecule has 1 saturated heterocycles. The fraction of sp³-hybridized carbons (Fsp3) is 0.778. The zero-order chi connectivity index (χ0) is 15.6. The van der Waals surface area contributed by atoms with E-state index in [1.807, 2.05) is 6.20 Å². The van der Waals surface area contributed by atoms with Crippen LogP contribution in [0.4, 0.5) is 0 Å². The van der Waals surface area contributed by atoms with E-state index in [2.05, 4.69) is 20.4 Å². The van der Waals surface area contributed by atoms with Crippen molar-refractivity contribution in [2.24, 2.45) is 0 Å². The van der Waals surface area contributed by atoms with Gasteiger partial charge in [0.05, 0.1) is 12.2 Å². The van der Waals surface area contributed by atoms with E-state index in [0.29, 0.717) is 6.04 Å². The lowest BCUT2D eigenvalue weighted by molar-refractivity contribution is -0.129. The first kappa shape index (κ1) is 15.2. The first-order valence-electron chi connectivity index (χ1n) is 9.38. The monoisotopic (exact) mass is 316 g/mol. The summed E-state index contributed by atoms with van der Waals surface area (Å²) < 4.78 is 0. The molecular formula is C18H28N4O. The number of fused-ring (bicyclic) bond motifs is 1. The van der Waals surface area contributed by atoms with Crippen molar-refractivity contribution in [1.29, 1.82) is 0 Å². The van der Waals surface area contributed by atoms with E-state index in [9.17, 15) is 4.79 Å². The second kappa shape index (κ2) is 6.63. The largest absolute Gasteiger partial charge is 0.352 e. The van der Waals surface area contributed by atoms with Crippen LogP contribution in [0.2, 0.25) is 0 Å². The predicted molar refractivity (Wildman–Crippen MR) is 89.1 cm³/mol. The summed E-state index contributed by atoms with van der Waals surface area (Å²) in [5, 5.41) is 10.5. The third-order valence-corrected chi connectivity index (χ3v) is 6.00. The number of carbonyl (C=O) groups excluding carboxylic acids is 1. The maximum Gasteiger partial charge on any atom is 0.237 e. The molecule has 0 unspecified atom stereocenters. The van der Waals surface area contributed by atoms with Gasteiger partial charge in [-0.2, -0.15) is 5.10 Å². The molecule has 2 N–H and O–H groups in total. The third-order valence-electron chi connectivity index (χ3n) is 6.00. The quantitative estimate of drug-likeness (QED) is 0.898. The summed E-state index contributed by atoms with van der Waals surface area (Å²) in [5.41, 5.74) is 2.53. The average Bonchev–Trinajstić information content (AvgIpc) is 3.26. The molecule has 1 aromatic rings. The number of H-pyrrole nitrogens is 1. The normalized spacial score (nSPS) is 29.4. The molecule has 2 heterocycles. The van der Waals surface area contributed by atoms with E-state index >= 15 is 0 Å². The highest BCUT2D eigenvalue weighted by Crippen LogP contribution is 2.29. The van der Waals surface area contributed by atoms with E-state index in [1.165, 1.54) is 49.8 Å². The Kier molecular flexibility index (Phi) is 4.38. The number of hydrogen-bond acceptors (Lipinski definition) is 3. The number of nitrogens with one attached hydrogen (secondary N) is 2. The van der Waals surface area contributed by atoms with Crippen LogP contribution in [0.1, 0.15) is 62.6 Å². The molecule has 3 aliphatic rings. The minimum Gasteiger partial charge on any atom is -0.352 e. The Balaban J connectivity index is 1.39. The second-order valence-corrected chi connectivity index (χ2v) is 7.51. The molecule has 2 aliphatic carbocycles. The molecule has 1 aliphatic heterocycles. The number of hydrogen-bond donors (Lipinski definition) is 2. The van der Waals surface area contributed by atoms with Crippen LogP contribution in [0.3, 0.4) is 0 Å². The Bertz CT molecular complexity index is 549. The van der Waals surface area contributed by atoms with Crippen LogP contribution in [0, 0.1) is 0 Å². The number of nitrogens with zero attached hydrogens (tertiary/aromatic N) is 2. The number of aryl methyl sites for hydroxylation is 1. The van der Waals surface area contributed by atoms with Crippen LogP contribution in [-0.4, -0.2) is 45.7 Å². The SMILES string of the molecule is O=C(N[C@H]1CCc2[nH]ncc2C1)[C@@H]1CCCCN1C1CCCC1. The minimum atomic E-state index is 0.109. The van der Waals surface area contributed by atoms with Crippen molar-refractivity contribution < 1.29 is 4.79 Å². The van der Waals surface area contributed by atoms with E-state index in [4.69, 9.17) is 0 Å². The molecule has 1 saturated carbocycles. The van der Waals surface area contributed by atoms with E-state index < -0.39 is 0 Å². The van der Waals surface area contributed by atoms with Crippen LogP contribution in [-0.2, 0) is 17.6 Å². The van der Waals surface area contributed by atoms with Crippen LogP contribution in [0.25, 0.3) is 0 Å². The number of carbonyl (C=O) groups is 1. The van der Waals surface area contributed by atoms with Gasteiger partial charge in [-0.15, -0.1) is 0 Å². The molecule has 5 heteroatoms. The highest BCUT2D eigenvalue weighted by atomic mass is 16.2. The minimum absolute atomic E-state index is 0.109. The Hall–Kier alpha value is -1.36. The van der Waals surface area contributed by atoms with E-state index in [1.54, 1.807) is 0 Å². The lowest BCUT2D eigenvalue weighted by Gasteiger charge is -2.39. The Morgan fingerprint density at radius 1 is 1.17 bits per heavy atom. The molecule has 0 radical (unpaired) electrons. The number of rotatable bonds is 3. The fourth-order valence-corrected chi connectivity index (χ4v) is 4.75. The van der Waals surface area contributed by atoms with Gasteiger partial charge in [-0.1, -0.05) is 19.3 Å². The lowest BCUT2D eigenvalue weighted by atomic mass is 9.92. The molecule has 2 atom stereocenters.